The minimum Gasteiger partial charge on any atom is -0.494 e. The highest BCUT2D eigenvalue weighted by Crippen LogP contribution is 2.30. The van der Waals surface area contributed by atoms with Gasteiger partial charge in [-0.2, -0.15) is 0 Å². The van der Waals surface area contributed by atoms with Gasteiger partial charge in [0, 0.05) is 17.7 Å². The second-order valence-electron chi connectivity index (χ2n) is 8.57. The SMILES string of the molecule is c1ccc(-c2nnn(Cc3ccc(OCCCN4CCCC4)cc3)c2-c2ccccc2)cc1. The van der Waals surface area contributed by atoms with E-state index in [1.54, 1.807) is 0 Å². The fraction of sp³-hybridized carbons (Fsp3) is 0.286. The van der Waals surface area contributed by atoms with Gasteiger partial charge in [-0.25, -0.2) is 4.68 Å². The Hall–Kier alpha value is -3.44. The first-order chi connectivity index (χ1) is 16.4. The fourth-order valence-corrected chi connectivity index (χ4v) is 4.44. The Morgan fingerprint density at radius 1 is 0.758 bits per heavy atom. The molecular formula is C28H30N4O. The predicted octanol–water partition coefficient (Wildman–Crippen LogP) is 5.53. The molecule has 0 radical (unpaired) electrons. The van der Waals surface area contributed by atoms with Crippen LogP contribution < -0.4 is 4.74 Å². The maximum Gasteiger partial charge on any atom is 0.121 e. The summed E-state index contributed by atoms with van der Waals surface area (Å²) in [7, 11) is 0. The van der Waals surface area contributed by atoms with Crippen molar-refractivity contribution in [2.24, 2.45) is 0 Å². The highest BCUT2D eigenvalue weighted by atomic mass is 16.5. The zero-order chi connectivity index (χ0) is 22.3. The number of ether oxygens (including phenoxy) is 1. The highest BCUT2D eigenvalue weighted by molar-refractivity contribution is 5.77. The molecule has 2 heterocycles. The van der Waals surface area contributed by atoms with Crippen molar-refractivity contribution in [1.82, 2.24) is 19.9 Å². The topological polar surface area (TPSA) is 43.2 Å². The molecular weight excluding hydrogens is 408 g/mol. The number of nitrogens with zero attached hydrogens (tertiary/aromatic N) is 4. The van der Waals surface area contributed by atoms with Crippen molar-refractivity contribution in [1.29, 1.82) is 0 Å². The average Bonchev–Trinajstić information content (AvgIpc) is 3.54. The number of benzene rings is 3. The van der Waals surface area contributed by atoms with Gasteiger partial charge in [-0.05, 0) is 50.0 Å². The lowest BCUT2D eigenvalue weighted by Crippen LogP contribution is -2.21. The summed E-state index contributed by atoms with van der Waals surface area (Å²) in [6, 6.07) is 29.0. The van der Waals surface area contributed by atoms with E-state index < -0.39 is 0 Å². The van der Waals surface area contributed by atoms with Crippen molar-refractivity contribution in [2.75, 3.05) is 26.2 Å². The van der Waals surface area contributed by atoms with E-state index in [1.807, 2.05) is 28.9 Å². The molecule has 4 aromatic rings. The summed E-state index contributed by atoms with van der Waals surface area (Å²) in [5, 5.41) is 9.06. The molecule has 1 aliphatic rings. The molecule has 5 heteroatoms. The Balaban J connectivity index is 1.28. The van der Waals surface area contributed by atoms with E-state index in [0.29, 0.717) is 6.54 Å². The molecule has 1 fully saturated rings. The molecule has 0 atom stereocenters. The highest BCUT2D eigenvalue weighted by Gasteiger charge is 2.17. The van der Waals surface area contributed by atoms with Crippen molar-refractivity contribution in [3.8, 4) is 28.3 Å². The summed E-state index contributed by atoms with van der Waals surface area (Å²) in [6.45, 7) is 5.04. The Labute approximate surface area is 195 Å². The molecule has 0 N–H and O–H groups in total. The lowest BCUT2D eigenvalue weighted by atomic mass is 10.0. The lowest BCUT2D eigenvalue weighted by molar-refractivity contribution is 0.263. The number of likely N-dealkylation sites (tertiary alicyclic amines) is 1. The minimum absolute atomic E-state index is 0.652. The fourth-order valence-electron chi connectivity index (χ4n) is 4.44. The Morgan fingerprint density at radius 3 is 2.12 bits per heavy atom. The van der Waals surface area contributed by atoms with E-state index in [2.05, 4.69) is 75.9 Å². The molecule has 1 aromatic heterocycles. The molecule has 5 nitrogen and oxygen atoms in total. The zero-order valence-electron chi connectivity index (χ0n) is 18.9. The molecule has 0 unspecified atom stereocenters. The lowest BCUT2D eigenvalue weighted by Gasteiger charge is -2.14. The van der Waals surface area contributed by atoms with Crippen LogP contribution in [0.4, 0.5) is 0 Å². The number of aromatic nitrogens is 3. The zero-order valence-corrected chi connectivity index (χ0v) is 18.9. The van der Waals surface area contributed by atoms with Crippen molar-refractivity contribution in [3.63, 3.8) is 0 Å². The van der Waals surface area contributed by atoms with E-state index in [-0.39, 0.29) is 0 Å². The predicted molar refractivity (Wildman–Crippen MR) is 132 cm³/mol. The number of hydrogen-bond donors (Lipinski definition) is 0. The molecule has 1 saturated heterocycles. The Kier molecular flexibility index (Phi) is 6.78. The van der Waals surface area contributed by atoms with E-state index in [1.165, 1.54) is 31.5 Å². The molecule has 5 rings (SSSR count). The molecule has 168 valence electrons. The molecule has 0 bridgehead atoms. The van der Waals surface area contributed by atoms with Crippen molar-refractivity contribution < 1.29 is 4.74 Å². The van der Waals surface area contributed by atoms with Gasteiger partial charge in [-0.1, -0.05) is 78.0 Å². The average molecular weight is 439 g/mol. The van der Waals surface area contributed by atoms with Gasteiger partial charge in [0.25, 0.3) is 0 Å². The van der Waals surface area contributed by atoms with Crippen molar-refractivity contribution >= 4 is 0 Å². The minimum atomic E-state index is 0.652. The van der Waals surface area contributed by atoms with Crippen LogP contribution in [0, 0.1) is 0 Å². The summed E-state index contributed by atoms with van der Waals surface area (Å²) in [6.07, 6.45) is 3.75. The summed E-state index contributed by atoms with van der Waals surface area (Å²) in [5.41, 5.74) is 5.28. The number of rotatable bonds is 9. The normalized spacial score (nSPS) is 13.9. The van der Waals surface area contributed by atoms with Crippen molar-refractivity contribution in [3.05, 3.63) is 90.5 Å². The van der Waals surface area contributed by atoms with E-state index in [4.69, 9.17) is 4.74 Å². The van der Waals surface area contributed by atoms with Crippen LogP contribution in [0.15, 0.2) is 84.9 Å². The summed E-state index contributed by atoms with van der Waals surface area (Å²) >= 11 is 0. The second-order valence-corrected chi connectivity index (χ2v) is 8.57. The summed E-state index contributed by atoms with van der Waals surface area (Å²) < 4.78 is 7.95. The molecule has 1 aliphatic heterocycles. The molecule has 33 heavy (non-hydrogen) atoms. The standard InChI is InChI=1S/C28H30N4O/c1-3-10-24(11-4-1)27-28(25-12-5-2-6-13-25)32(30-29-27)22-23-14-16-26(17-15-23)33-21-9-20-31-18-7-8-19-31/h1-6,10-17H,7-9,18-22H2. The summed E-state index contributed by atoms with van der Waals surface area (Å²) in [5.74, 6) is 0.923. The monoisotopic (exact) mass is 438 g/mol. The molecule has 0 amide bonds. The third kappa shape index (κ3) is 5.32. The van der Waals surface area contributed by atoms with Crippen LogP contribution in [0.5, 0.6) is 5.75 Å². The first-order valence-electron chi connectivity index (χ1n) is 11.9. The van der Waals surface area contributed by atoms with Gasteiger partial charge in [-0.3, -0.25) is 0 Å². The smallest absolute Gasteiger partial charge is 0.121 e. The summed E-state index contributed by atoms with van der Waals surface area (Å²) in [4.78, 5) is 2.53. The molecule has 0 aliphatic carbocycles. The van der Waals surface area contributed by atoms with Crippen LogP contribution in [-0.2, 0) is 6.54 Å². The van der Waals surface area contributed by atoms with Crippen LogP contribution in [-0.4, -0.2) is 46.1 Å². The number of hydrogen-bond acceptors (Lipinski definition) is 4. The van der Waals surface area contributed by atoms with Gasteiger partial charge in [0.15, 0.2) is 0 Å². The second kappa shape index (κ2) is 10.5. The van der Waals surface area contributed by atoms with Gasteiger partial charge in [-0.15, -0.1) is 5.10 Å². The molecule has 0 saturated carbocycles. The molecule has 0 spiro atoms. The largest absolute Gasteiger partial charge is 0.494 e. The van der Waals surface area contributed by atoms with Gasteiger partial charge in [0.1, 0.15) is 11.4 Å². The first kappa shape index (κ1) is 21.4. The van der Waals surface area contributed by atoms with E-state index in [9.17, 15) is 0 Å². The maximum absolute atomic E-state index is 5.96. The van der Waals surface area contributed by atoms with Crippen LogP contribution in [0.2, 0.25) is 0 Å². The van der Waals surface area contributed by atoms with Crippen molar-refractivity contribution in [2.45, 2.75) is 25.8 Å². The third-order valence-corrected chi connectivity index (χ3v) is 6.17. The maximum atomic E-state index is 5.96. The third-order valence-electron chi connectivity index (χ3n) is 6.17. The van der Waals surface area contributed by atoms with E-state index in [0.717, 1.165) is 47.8 Å². The van der Waals surface area contributed by atoms with Gasteiger partial charge in [0.2, 0.25) is 0 Å². The quantitative estimate of drug-likeness (QED) is 0.323. The Bertz CT molecular complexity index is 1130. The van der Waals surface area contributed by atoms with Crippen LogP contribution in [0.3, 0.4) is 0 Å². The molecule has 3 aromatic carbocycles. The van der Waals surface area contributed by atoms with Gasteiger partial charge >= 0.3 is 0 Å². The van der Waals surface area contributed by atoms with Crippen LogP contribution in [0.1, 0.15) is 24.8 Å². The van der Waals surface area contributed by atoms with Gasteiger partial charge in [0.05, 0.1) is 18.8 Å². The van der Waals surface area contributed by atoms with Crippen LogP contribution >= 0.6 is 0 Å². The first-order valence-corrected chi connectivity index (χ1v) is 11.9. The Morgan fingerprint density at radius 2 is 1.42 bits per heavy atom. The van der Waals surface area contributed by atoms with Crippen LogP contribution in [0.25, 0.3) is 22.5 Å². The van der Waals surface area contributed by atoms with Gasteiger partial charge < -0.3 is 9.64 Å². The van der Waals surface area contributed by atoms with E-state index >= 15 is 0 Å².